The molecular weight excluding hydrogens is 222 g/mol. The lowest BCUT2D eigenvalue weighted by molar-refractivity contribution is -0.134. The molecule has 0 atom stereocenters. The minimum Gasteiger partial charge on any atom is -0.480 e. The Kier molecular flexibility index (Phi) is 9.89. The number of aliphatic carboxylic acids is 1. The number of carboxylic acid groups (broad SMARTS) is 1. The fraction of sp³-hybridized carbons (Fsp3) is 0.417. The molecule has 0 amide bonds. The Morgan fingerprint density at radius 2 is 1.59 bits per heavy atom. The summed E-state index contributed by atoms with van der Waals surface area (Å²) in [7, 11) is 0. The largest absolute Gasteiger partial charge is 0.480 e. The molecule has 1 rings (SSSR count). The van der Waals surface area contributed by atoms with Crippen molar-refractivity contribution in [1.29, 1.82) is 0 Å². The molecule has 0 unspecified atom stereocenters. The standard InChI is InChI=1S/C8H9NO2.C4H10O2/c10-8(11)6-9-7-4-2-1-3-5-7;5-3-1-2-4-6/h1-5,9H,6H2,(H,10,11);5-6H,1-4H2. The van der Waals surface area contributed by atoms with Crippen molar-refractivity contribution in [2.75, 3.05) is 25.1 Å². The van der Waals surface area contributed by atoms with Crippen LogP contribution in [0.15, 0.2) is 30.3 Å². The van der Waals surface area contributed by atoms with E-state index in [1.807, 2.05) is 30.3 Å². The monoisotopic (exact) mass is 241 g/mol. The number of carboxylic acids is 1. The van der Waals surface area contributed by atoms with Crippen LogP contribution in [0.1, 0.15) is 12.8 Å². The number of nitrogens with one attached hydrogen (secondary N) is 1. The molecule has 0 aliphatic rings. The van der Waals surface area contributed by atoms with Gasteiger partial charge in [0, 0.05) is 18.9 Å². The summed E-state index contributed by atoms with van der Waals surface area (Å²) >= 11 is 0. The molecular formula is C12H19NO4. The Bertz CT molecular complexity index is 286. The van der Waals surface area contributed by atoms with Gasteiger partial charge in [-0.1, -0.05) is 18.2 Å². The summed E-state index contributed by atoms with van der Waals surface area (Å²) in [5.41, 5.74) is 0.829. The van der Waals surface area contributed by atoms with Crippen molar-refractivity contribution in [2.45, 2.75) is 12.8 Å². The van der Waals surface area contributed by atoms with Crippen LogP contribution in [-0.2, 0) is 4.79 Å². The maximum atomic E-state index is 10.1. The smallest absolute Gasteiger partial charge is 0.322 e. The molecule has 5 nitrogen and oxygen atoms in total. The van der Waals surface area contributed by atoms with Gasteiger partial charge in [-0.3, -0.25) is 4.79 Å². The first-order valence-electron chi connectivity index (χ1n) is 5.43. The van der Waals surface area contributed by atoms with Crippen molar-refractivity contribution in [1.82, 2.24) is 0 Å². The number of aliphatic hydroxyl groups is 2. The van der Waals surface area contributed by atoms with E-state index >= 15 is 0 Å². The zero-order chi connectivity index (χ0) is 12.9. The highest BCUT2D eigenvalue weighted by molar-refractivity contribution is 5.72. The Hall–Kier alpha value is -1.59. The Labute approximate surface area is 101 Å². The topological polar surface area (TPSA) is 89.8 Å². The molecule has 0 aromatic heterocycles. The van der Waals surface area contributed by atoms with Gasteiger partial charge in [0.1, 0.15) is 6.54 Å². The van der Waals surface area contributed by atoms with Crippen LogP contribution in [0.3, 0.4) is 0 Å². The molecule has 0 radical (unpaired) electrons. The van der Waals surface area contributed by atoms with Crippen molar-refractivity contribution in [2.24, 2.45) is 0 Å². The normalized spacial score (nSPS) is 9.06. The average Bonchev–Trinajstić information content (AvgIpc) is 2.36. The summed E-state index contributed by atoms with van der Waals surface area (Å²) < 4.78 is 0. The predicted molar refractivity (Wildman–Crippen MR) is 66.0 cm³/mol. The van der Waals surface area contributed by atoms with E-state index in [2.05, 4.69) is 5.32 Å². The highest BCUT2D eigenvalue weighted by Crippen LogP contribution is 2.03. The van der Waals surface area contributed by atoms with Crippen molar-refractivity contribution in [3.8, 4) is 0 Å². The lowest BCUT2D eigenvalue weighted by atomic mass is 10.3. The quantitative estimate of drug-likeness (QED) is 0.556. The second kappa shape index (κ2) is 10.9. The summed E-state index contributed by atoms with van der Waals surface area (Å²) in [4.78, 5) is 10.1. The van der Waals surface area contributed by atoms with Crippen LogP contribution in [0.25, 0.3) is 0 Å². The highest BCUT2D eigenvalue weighted by atomic mass is 16.4. The van der Waals surface area contributed by atoms with E-state index in [1.165, 1.54) is 0 Å². The molecule has 5 heteroatoms. The van der Waals surface area contributed by atoms with Gasteiger partial charge in [0.05, 0.1) is 0 Å². The minimum atomic E-state index is -0.853. The third-order valence-corrected chi connectivity index (χ3v) is 1.78. The van der Waals surface area contributed by atoms with Gasteiger partial charge in [-0.15, -0.1) is 0 Å². The van der Waals surface area contributed by atoms with Crippen LogP contribution in [-0.4, -0.2) is 41.0 Å². The molecule has 1 aromatic carbocycles. The van der Waals surface area contributed by atoms with Gasteiger partial charge in [-0.25, -0.2) is 0 Å². The number of hydrogen-bond acceptors (Lipinski definition) is 4. The summed E-state index contributed by atoms with van der Waals surface area (Å²) in [6.07, 6.45) is 1.44. The average molecular weight is 241 g/mol. The maximum absolute atomic E-state index is 10.1. The molecule has 0 saturated heterocycles. The number of para-hydroxylation sites is 1. The molecule has 0 aliphatic carbocycles. The van der Waals surface area contributed by atoms with Crippen LogP contribution in [0.2, 0.25) is 0 Å². The van der Waals surface area contributed by atoms with Gasteiger partial charge in [0.15, 0.2) is 0 Å². The second-order valence-electron chi connectivity index (χ2n) is 3.27. The number of anilines is 1. The zero-order valence-electron chi connectivity index (χ0n) is 9.67. The summed E-state index contributed by atoms with van der Waals surface area (Å²) in [6, 6.07) is 9.23. The third-order valence-electron chi connectivity index (χ3n) is 1.78. The molecule has 0 spiro atoms. The summed E-state index contributed by atoms with van der Waals surface area (Å²) in [5, 5.41) is 27.2. The molecule has 17 heavy (non-hydrogen) atoms. The van der Waals surface area contributed by atoms with Crippen molar-refractivity contribution >= 4 is 11.7 Å². The van der Waals surface area contributed by atoms with E-state index in [-0.39, 0.29) is 19.8 Å². The van der Waals surface area contributed by atoms with E-state index in [9.17, 15) is 4.79 Å². The van der Waals surface area contributed by atoms with Crippen LogP contribution in [0.4, 0.5) is 5.69 Å². The molecule has 0 aliphatic heterocycles. The fourth-order valence-electron chi connectivity index (χ4n) is 0.957. The second-order valence-corrected chi connectivity index (χ2v) is 3.27. The SMILES string of the molecule is O=C(O)CNc1ccccc1.OCCCCO. The molecule has 1 aromatic rings. The molecule has 0 fully saturated rings. The van der Waals surface area contributed by atoms with E-state index < -0.39 is 5.97 Å². The fourth-order valence-corrected chi connectivity index (χ4v) is 0.957. The number of rotatable bonds is 6. The van der Waals surface area contributed by atoms with Gasteiger partial charge in [0.25, 0.3) is 0 Å². The molecule has 0 saturated carbocycles. The van der Waals surface area contributed by atoms with E-state index in [0.29, 0.717) is 0 Å². The van der Waals surface area contributed by atoms with Crippen LogP contribution in [0, 0.1) is 0 Å². The lowest BCUT2D eigenvalue weighted by Crippen LogP contribution is -2.11. The molecule has 4 N–H and O–H groups in total. The van der Waals surface area contributed by atoms with Gasteiger partial charge in [0.2, 0.25) is 0 Å². The van der Waals surface area contributed by atoms with Crippen molar-refractivity contribution in [3.05, 3.63) is 30.3 Å². The van der Waals surface area contributed by atoms with Gasteiger partial charge in [-0.05, 0) is 25.0 Å². The van der Waals surface area contributed by atoms with Crippen LogP contribution in [0.5, 0.6) is 0 Å². The number of hydrogen-bond donors (Lipinski definition) is 4. The van der Waals surface area contributed by atoms with Crippen LogP contribution < -0.4 is 5.32 Å². The van der Waals surface area contributed by atoms with Crippen molar-refractivity contribution in [3.63, 3.8) is 0 Å². The van der Waals surface area contributed by atoms with E-state index in [4.69, 9.17) is 15.3 Å². The molecule has 96 valence electrons. The minimum absolute atomic E-state index is 0.0377. The van der Waals surface area contributed by atoms with Gasteiger partial charge >= 0.3 is 5.97 Å². The number of carbonyl (C=O) groups is 1. The number of unbranched alkanes of at least 4 members (excludes halogenated alkanes) is 1. The Morgan fingerprint density at radius 3 is 2.00 bits per heavy atom. The van der Waals surface area contributed by atoms with E-state index in [0.717, 1.165) is 18.5 Å². The van der Waals surface area contributed by atoms with Gasteiger partial charge in [-0.2, -0.15) is 0 Å². The number of aliphatic hydroxyl groups excluding tert-OH is 2. The van der Waals surface area contributed by atoms with Crippen LogP contribution >= 0.6 is 0 Å². The third kappa shape index (κ3) is 10.7. The highest BCUT2D eigenvalue weighted by Gasteiger charge is 1.94. The zero-order valence-corrected chi connectivity index (χ0v) is 9.67. The molecule has 0 heterocycles. The first kappa shape index (κ1) is 15.4. The lowest BCUT2D eigenvalue weighted by Gasteiger charge is -2.00. The summed E-state index contributed by atoms with van der Waals surface area (Å²) in [5.74, 6) is -0.853. The Morgan fingerprint density at radius 1 is 1.06 bits per heavy atom. The first-order valence-corrected chi connectivity index (χ1v) is 5.43. The van der Waals surface area contributed by atoms with E-state index in [1.54, 1.807) is 0 Å². The van der Waals surface area contributed by atoms with Crippen molar-refractivity contribution < 1.29 is 20.1 Å². The molecule has 0 bridgehead atoms. The number of benzene rings is 1. The maximum Gasteiger partial charge on any atom is 0.322 e. The van der Waals surface area contributed by atoms with Gasteiger partial charge < -0.3 is 20.6 Å². The predicted octanol–water partition coefficient (Wildman–Crippen LogP) is 0.934. The summed E-state index contributed by atoms with van der Waals surface area (Å²) in [6.45, 7) is 0.352. The first-order chi connectivity index (χ1) is 8.20. The Balaban J connectivity index is 0.000000366.